The first kappa shape index (κ1) is 18.5. The van der Waals surface area contributed by atoms with E-state index in [-0.39, 0.29) is 11.7 Å². The highest BCUT2D eigenvalue weighted by atomic mass is 32.2. The normalized spacial score (nSPS) is 15.0. The Morgan fingerprint density at radius 3 is 2.77 bits per heavy atom. The molecule has 1 aromatic carbocycles. The van der Waals surface area contributed by atoms with Crippen molar-refractivity contribution in [3.05, 3.63) is 42.8 Å². The number of carbonyl (C=O) groups is 1. The summed E-state index contributed by atoms with van der Waals surface area (Å²) in [5.41, 5.74) is 1.88. The molecule has 0 unspecified atom stereocenters. The second-order valence-corrected chi connectivity index (χ2v) is 6.94. The van der Waals surface area contributed by atoms with Gasteiger partial charge in [-0.3, -0.25) is 9.69 Å². The van der Waals surface area contributed by atoms with Crippen LogP contribution >= 0.6 is 11.8 Å². The molecular weight excluding hydrogens is 350 g/mol. The van der Waals surface area contributed by atoms with Crippen LogP contribution in [-0.4, -0.2) is 59.5 Å². The molecule has 2 heterocycles. The summed E-state index contributed by atoms with van der Waals surface area (Å²) in [6.45, 7) is 10.3. The molecule has 1 aliphatic rings. The highest BCUT2D eigenvalue weighted by Crippen LogP contribution is 2.27. The van der Waals surface area contributed by atoms with Gasteiger partial charge in [-0.15, -0.1) is 16.8 Å². The van der Waals surface area contributed by atoms with Gasteiger partial charge in [0.25, 0.3) is 5.22 Å². The molecule has 0 radical (unpaired) electrons. The number of nitrogens with zero attached hydrogens (tertiary/aromatic N) is 4. The smallest absolute Gasteiger partial charge is 0.277 e. The molecule has 26 heavy (non-hydrogen) atoms. The molecule has 1 amide bonds. The second-order valence-electron chi connectivity index (χ2n) is 6.02. The lowest BCUT2D eigenvalue weighted by molar-refractivity contribution is -0.113. The van der Waals surface area contributed by atoms with Crippen LogP contribution in [0, 0.1) is 6.92 Å². The van der Waals surface area contributed by atoms with Crippen LogP contribution in [0.4, 0.5) is 11.4 Å². The van der Waals surface area contributed by atoms with Crippen LogP contribution in [0.15, 0.2) is 46.6 Å². The third-order valence-electron chi connectivity index (χ3n) is 4.11. The Morgan fingerprint density at radius 2 is 2.08 bits per heavy atom. The highest BCUT2D eigenvalue weighted by molar-refractivity contribution is 7.99. The minimum absolute atomic E-state index is 0.0939. The first-order valence-electron chi connectivity index (χ1n) is 8.55. The topological polar surface area (TPSA) is 74.5 Å². The van der Waals surface area contributed by atoms with Gasteiger partial charge in [-0.25, -0.2) is 0 Å². The molecular formula is C18H23N5O2S. The average Bonchev–Trinajstić information content (AvgIpc) is 3.07. The van der Waals surface area contributed by atoms with Crippen LogP contribution in [0.3, 0.4) is 0 Å². The number of hydrogen-bond acceptors (Lipinski definition) is 7. The van der Waals surface area contributed by atoms with Crippen molar-refractivity contribution >= 4 is 29.0 Å². The number of thioether (sulfide) groups is 1. The zero-order valence-corrected chi connectivity index (χ0v) is 15.7. The van der Waals surface area contributed by atoms with Gasteiger partial charge in [0.1, 0.15) is 0 Å². The number of aryl methyl sites for hydroxylation is 1. The van der Waals surface area contributed by atoms with Crippen LogP contribution < -0.4 is 10.2 Å². The van der Waals surface area contributed by atoms with E-state index < -0.39 is 0 Å². The van der Waals surface area contributed by atoms with Crippen molar-refractivity contribution < 1.29 is 9.21 Å². The van der Waals surface area contributed by atoms with Crippen molar-refractivity contribution in [1.29, 1.82) is 0 Å². The quantitative estimate of drug-likeness (QED) is 0.590. The fourth-order valence-electron chi connectivity index (χ4n) is 2.86. The fraction of sp³-hybridized carbons (Fsp3) is 0.389. The lowest BCUT2D eigenvalue weighted by Crippen LogP contribution is -2.46. The largest absolute Gasteiger partial charge is 0.416 e. The minimum Gasteiger partial charge on any atom is -0.416 e. The predicted octanol–water partition coefficient (Wildman–Crippen LogP) is 2.42. The standard InChI is InChI=1S/C18H23N5O2S/c1-3-8-22-9-11-23(12-10-22)16-7-5-4-6-15(16)19-17(24)13-26-18-21-20-14(2)25-18/h3-7H,1,8-13H2,2H3,(H,19,24). The maximum absolute atomic E-state index is 12.3. The molecule has 1 saturated heterocycles. The molecule has 0 bridgehead atoms. The summed E-state index contributed by atoms with van der Waals surface area (Å²) in [7, 11) is 0. The summed E-state index contributed by atoms with van der Waals surface area (Å²) in [4.78, 5) is 17.0. The lowest BCUT2D eigenvalue weighted by Gasteiger charge is -2.36. The molecule has 1 aromatic heterocycles. The monoisotopic (exact) mass is 373 g/mol. The molecule has 138 valence electrons. The third-order valence-corrected chi connectivity index (χ3v) is 4.93. The van der Waals surface area contributed by atoms with E-state index in [2.05, 4.69) is 31.9 Å². The van der Waals surface area contributed by atoms with E-state index in [1.165, 1.54) is 11.8 Å². The van der Waals surface area contributed by atoms with Gasteiger partial charge in [0.2, 0.25) is 11.8 Å². The van der Waals surface area contributed by atoms with E-state index in [9.17, 15) is 4.79 Å². The Hall–Kier alpha value is -2.32. The number of aromatic nitrogens is 2. The zero-order valence-electron chi connectivity index (χ0n) is 14.9. The summed E-state index contributed by atoms with van der Waals surface area (Å²) in [6.07, 6.45) is 1.94. The molecule has 0 aliphatic carbocycles. The maximum Gasteiger partial charge on any atom is 0.277 e. The summed E-state index contributed by atoms with van der Waals surface area (Å²) in [6, 6.07) is 7.91. The third kappa shape index (κ3) is 4.86. The zero-order chi connectivity index (χ0) is 18.4. The number of hydrogen-bond donors (Lipinski definition) is 1. The van der Waals surface area contributed by atoms with Crippen LogP contribution in [0.25, 0.3) is 0 Å². The number of anilines is 2. The molecule has 8 heteroatoms. The number of para-hydroxylation sites is 2. The first-order chi connectivity index (χ1) is 12.7. The molecule has 1 N–H and O–H groups in total. The Balaban J connectivity index is 1.58. The van der Waals surface area contributed by atoms with Gasteiger partial charge in [-0.2, -0.15) is 0 Å². The first-order valence-corrected chi connectivity index (χ1v) is 9.54. The molecule has 1 aliphatic heterocycles. The number of nitrogens with one attached hydrogen (secondary N) is 1. The Bertz CT molecular complexity index is 756. The molecule has 0 saturated carbocycles. The van der Waals surface area contributed by atoms with E-state index in [1.807, 2.05) is 30.3 Å². The van der Waals surface area contributed by atoms with E-state index in [1.54, 1.807) is 6.92 Å². The van der Waals surface area contributed by atoms with Gasteiger partial charge in [0, 0.05) is 39.6 Å². The molecule has 0 atom stereocenters. The van der Waals surface area contributed by atoms with Crippen molar-refractivity contribution in [3.8, 4) is 0 Å². The molecule has 7 nitrogen and oxygen atoms in total. The van der Waals surface area contributed by atoms with Gasteiger partial charge in [-0.05, 0) is 12.1 Å². The van der Waals surface area contributed by atoms with E-state index >= 15 is 0 Å². The number of piperazine rings is 1. The van der Waals surface area contributed by atoms with Gasteiger partial charge < -0.3 is 14.6 Å². The Labute approximate surface area is 157 Å². The van der Waals surface area contributed by atoms with Gasteiger partial charge >= 0.3 is 0 Å². The number of amides is 1. The van der Waals surface area contributed by atoms with Crippen molar-refractivity contribution in [2.75, 3.05) is 48.7 Å². The molecule has 3 rings (SSSR count). The van der Waals surface area contributed by atoms with Crippen molar-refractivity contribution in [2.24, 2.45) is 0 Å². The van der Waals surface area contributed by atoms with Crippen molar-refractivity contribution in [3.63, 3.8) is 0 Å². The fourth-order valence-corrected chi connectivity index (χ4v) is 3.46. The minimum atomic E-state index is -0.0939. The summed E-state index contributed by atoms with van der Waals surface area (Å²) >= 11 is 1.23. The van der Waals surface area contributed by atoms with E-state index in [0.29, 0.717) is 11.1 Å². The van der Waals surface area contributed by atoms with E-state index in [0.717, 1.165) is 44.1 Å². The Kier molecular flexibility index (Phi) is 6.30. The average molecular weight is 373 g/mol. The number of rotatable bonds is 7. The van der Waals surface area contributed by atoms with Crippen LogP contribution in [0.2, 0.25) is 0 Å². The van der Waals surface area contributed by atoms with Crippen molar-refractivity contribution in [1.82, 2.24) is 15.1 Å². The highest BCUT2D eigenvalue weighted by Gasteiger charge is 2.19. The van der Waals surface area contributed by atoms with Crippen LogP contribution in [0.5, 0.6) is 0 Å². The van der Waals surface area contributed by atoms with E-state index in [4.69, 9.17) is 4.42 Å². The number of benzene rings is 1. The summed E-state index contributed by atoms with van der Waals surface area (Å²) in [5, 5.41) is 11.0. The number of carbonyl (C=O) groups excluding carboxylic acids is 1. The summed E-state index contributed by atoms with van der Waals surface area (Å²) in [5.74, 6) is 0.626. The van der Waals surface area contributed by atoms with Gasteiger partial charge in [0.15, 0.2) is 0 Å². The molecule has 0 spiro atoms. The maximum atomic E-state index is 12.3. The van der Waals surface area contributed by atoms with Crippen LogP contribution in [-0.2, 0) is 4.79 Å². The van der Waals surface area contributed by atoms with Gasteiger partial charge in [0.05, 0.1) is 17.1 Å². The lowest BCUT2D eigenvalue weighted by atomic mass is 10.2. The van der Waals surface area contributed by atoms with Crippen molar-refractivity contribution in [2.45, 2.75) is 12.1 Å². The predicted molar refractivity (Wildman–Crippen MR) is 104 cm³/mol. The van der Waals surface area contributed by atoms with Gasteiger partial charge in [-0.1, -0.05) is 30.0 Å². The SMILES string of the molecule is C=CCN1CCN(c2ccccc2NC(=O)CSc2nnc(C)o2)CC1. The second kappa shape index (κ2) is 8.86. The Morgan fingerprint density at radius 1 is 1.31 bits per heavy atom. The molecule has 1 fully saturated rings. The summed E-state index contributed by atoms with van der Waals surface area (Å²) < 4.78 is 5.27. The van der Waals surface area contributed by atoms with Crippen LogP contribution in [0.1, 0.15) is 5.89 Å². The molecule has 2 aromatic rings.